The lowest BCUT2D eigenvalue weighted by atomic mass is 10.1. The normalized spacial score (nSPS) is 15.4. The molecule has 0 aliphatic carbocycles. The van der Waals surface area contributed by atoms with Gasteiger partial charge in [0.1, 0.15) is 5.82 Å². The highest BCUT2D eigenvalue weighted by molar-refractivity contribution is 14.0. The molecule has 1 aliphatic rings. The zero-order valence-corrected chi connectivity index (χ0v) is 19.9. The van der Waals surface area contributed by atoms with E-state index >= 15 is 0 Å². The molecule has 0 amide bonds. The zero-order valence-electron chi connectivity index (χ0n) is 17.6. The monoisotopic (exact) mass is 500 g/mol. The van der Waals surface area contributed by atoms with Gasteiger partial charge in [0, 0.05) is 38.8 Å². The van der Waals surface area contributed by atoms with Gasteiger partial charge < -0.3 is 15.2 Å². The molecular formula is C19H33IN8. The van der Waals surface area contributed by atoms with E-state index in [1.54, 1.807) is 7.05 Å². The lowest BCUT2D eigenvalue weighted by Gasteiger charge is -2.18. The van der Waals surface area contributed by atoms with Gasteiger partial charge in [-0.05, 0) is 45.6 Å². The summed E-state index contributed by atoms with van der Waals surface area (Å²) in [5, 5.41) is 20.1. The summed E-state index contributed by atoms with van der Waals surface area (Å²) in [7, 11) is 3.79. The van der Waals surface area contributed by atoms with Gasteiger partial charge >= 0.3 is 0 Å². The predicted octanol–water partition coefficient (Wildman–Crippen LogP) is 2.27. The Hall–Kier alpha value is -1.65. The van der Waals surface area contributed by atoms with Gasteiger partial charge in [0.25, 0.3) is 0 Å². The van der Waals surface area contributed by atoms with Crippen LogP contribution < -0.4 is 10.6 Å². The van der Waals surface area contributed by atoms with Crippen LogP contribution in [0.3, 0.4) is 0 Å². The second kappa shape index (κ2) is 10.2. The minimum atomic E-state index is 0. The van der Waals surface area contributed by atoms with E-state index in [1.165, 1.54) is 30.5 Å². The van der Waals surface area contributed by atoms with Gasteiger partial charge in [-0.1, -0.05) is 6.42 Å². The molecule has 1 unspecified atom stereocenters. The quantitative estimate of drug-likeness (QED) is 0.374. The number of aryl methyl sites for hydroxylation is 3. The molecule has 0 radical (unpaired) electrons. The first-order chi connectivity index (χ1) is 13.0. The molecule has 156 valence electrons. The molecule has 0 saturated heterocycles. The smallest absolute Gasteiger partial charge is 0.191 e. The maximum absolute atomic E-state index is 4.51. The van der Waals surface area contributed by atoms with Crippen LogP contribution in [-0.2, 0) is 33.0 Å². The van der Waals surface area contributed by atoms with Crippen molar-refractivity contribution >= 4 is 29.9 Å². The number of hydrogen-bond donors (Lipinski definition) is 2. The van der Waals surface area contributed by atoms with Crippen LogP contribution in [0.15, 0.2) is 4.99 Å². The average Bonchev–Trinajstić information content (AvgIpc) is 3.02. The van der Waals surface area contributed by atoms with E-state index in [9.17, 15) is 0 Å². The number of guanidine groups is 1. The van der Waals surface area contributed by atoms with Crippen LogP contribution in [-0.4, -0.2) is 43.6 Å². The fourth-order valence-corrected chi connectivity index (χ4v) is 3.74. The van der Waals surface area contributed by atoms with Crippen molar-refractivity contribution < 1.29 is 0 Å². The summed E-state index contributed by atoms with van der Waals surface area (Å²) in [6.07, 6.45) is 5.61. The third-order valence-corrected chi connectivity index (χ3v) is 5.38. The van der Waals surface area contributed by atoms with Gasteiger partial charge in [0.2, 0.25) is 0 Å². The van der Waals surface area contributed by atoms with E-state index in [0.29, 0.717) is 6.54 Å². The number of hydrogen-bond acceptors (Lipinski definition) is 4. The highest BCUT2D eigenvalue weighted by atomic mass is 127. The van der Waals surface area contributed by atoms with Gasteiger partial charge in [0.05, 0.1) is 12.2 Å². The molecule has 0 bridgehead atoms. The standard InChI is InChI=1S/C19H32N8.HI/c1-13(11-16-14(2)25-26(5)15(16)3)22-19(20-4)21-12-18-24-23-17-9-7-6-8-10-27(17)18;/h13H,6-12H2,1-5H3,(H2,20,21,22);1H. The Morgan fingerprint density at radius 2 is 2.00 bits per heavy atom. The number of nitrogens with one attached hydrogen (secondary N) is 2. The summed E-state index contributed by atoms with van der Waals surface area (Å²) >= 11 is 0. The number of halogens is 1. The zero-order chi connectivity index (χ0) is 19.4. The second-order valence-electron chi connectivity index (χ2n) is 7.44. The Balaban J connectivity index is 0.00000280. The number of nitrogens with zero attached hydrogens (tertiary/aromatic N) is 6. The largest absolute Gasteiger partial charge is 0.354 e. The van der Waals surface area contributed by atoms with Crippen molar-refractivity contribution in [3.05, 3.63) is 28.6 Å². The molecule has 0 spiro atoms. The number of rotatable bonds is 5. The number of aliphatic imine (C=N–C) groups is 1. The number of aromatic nitrogens is 5. The van der Waals surface area contributed by atoms with Crippen molar-refractivity contribution in [2.24, 2.45) is 12.0 Å². The summed E-state index contributed by atoms with van der Waals surface area (Å²) < 4.78 is 4.21. The van der Waals surface area contributed by atoms with Crippen molar-refractivity contribution in [2.75, 3.05) is 7.05 Å². The van der Waals surface area contributed by atoms with Crippen LogP contribution in [0.5, 0.6) is 0 Å². The van der Waals surface area contributed by atoms with Gasteiger partial charge in [-0.3, -0.25) is 9.67 Å². The highest BCUT2D eigenvalue weighted by Gasteiger charge is 2.16. The van der Waals surface area contributed by atoms with Crippen LogP contribution in [0, 0.1) is 13.8 Å². The molecule has 1 atom stereocenters. The molecule has 0 aromatic carbocycles. The van der Waals surface area contributed by atoms with Crippen molar-refractivity contribution in [1.82, 2.24) is 35.2 Å². The van der Waals surface area contributed by atoms with Crippen LogP contribution in [0.25, 0.3) is 0 Å². The summed E-state index contributed by atoms with van der Waals surface area (Å²) in [5.74, 6) is 2.89. The van der Waals surface area contributed by atoms with Crippen LogP contribution in [0.2, 0.25) is 0 Å². The lowest BCUT2D eigenvalue weighted by Crippen LogP contribution is -2.43. The van der Waals surface area contributed by atoms with Gasteiger partial charge in [-0.25, -0.2) is 0 Å². The molecule has 8 nitrogen and oxygen atoms in total. The summed E-state index contributed by atoms with van der Waals surface area (Å²) in [4.78, 5) is 4.37. The van der Waals surface area contributed by atoms with E-state index in [1.807, 2.05) is 11.7 Å². The SMILES string of the molecule is CN=C(NCc1nnc2n1CCCCC2)NC(C)Cc1c(C)nn(C)c1C.I. The van der Waals surface area contributed by atoms with Crippen molar-refractivity contribution in [3.8, 4) is 0 Å². The van der Waals surface area contributed by atoms with Crippen molar-refractivity contribution in [1.29, 1.82) is 0 Å². The molecule has 2 aromatic heterocycles. The molecular weight excluding hydrogens is 467 g/mol. The van der Waals surface area contributed by atoms with Gasteiger partial charge in [-0.15, -0.1) is 34.2 Å². The minimum absolute atomic E-state index is 0. The molecule has 9 heteroatoms. The third-order valence-electron chi connectivity index (χ3n) is 5.38. The number of fused-ring (bicyclic) bond motifs is 1. The summed E-state index contributed by atoms with van der Waals surface area (Å²) in [6.45, 7) is 8.00. The van der Waals surface area contributed by atoms with E-state index < -0.39 is 0 Å². The Kier molecular flexibility index (Phi) is 8.26. The molecule has 2 N–H and O–H groups in total. The summed E-state index contributed by atoms with van der Waals surface area (Å²) in [6, 6.07) is 0.244. The van der Waals surface area contributed by atoms with E-state index in [-0.39, 0.29) is 30.0 Å². The molecule has 2 aromatic rings. The lowest BCUT2D eigenvalue weighted by molar-refractivity contribution is 0.590. The molecule has 0 fully saturated rings. The first-order valence-corrected chi connectivity index (χ1v) is 9.86. The van der Waals surface area contributed by atoms with E-state index in [0.717, 1.165) is 42.7 Å². The fourth-order valence-electron chi connectivity index (χ4n) is 3.74. The Bertz CT molecular complexity index is 807. The average molecular weight is 500 g/mol. The van der Waals surface area contributed by atoms with Gasteiger partial charge in [0.15, 0.2) is 11.8 Å². The van der Waals surface area contributed by atoms with Crippen LogP contribution >= 0.6 is 24.0 Å². The topological polar surface area (TPSA) is 84.9 Å². The molecule has 0 saturated carbocycles. The maximum atomic E-state index is 4.51. The summed E-state index contributed by atoms with van der Waals surface area (Å²) in [5.41, 5.74) is 3.61. The van der Waals surface area contributed by atoms with Crippen LogP contribution in [0.4, 0.5) is 0 Å². The second-order valence-corrected chi connectivity index (χ2v) is 7.44. The molecule has 3 rings (SSSR count). The molecule has 28 heavy (non-hydrogen) atoms. The van der Waals surface area contributed by atoms with Gasteiger partial charge in [-0.2, -0.15) is 5.10 Å². The molecule has 1 aliphatic heterocycles. The third kappa shape index (κ3) is 5.24. The first kappa shape index (κ1) is 22.6. The highest BCUT2D eigenvalue weighted by Crippen LogP contribution is 2.15. The fraction of sp³-hybridized carbons (Fsp3) is 0.684. The Morgan fingerprint density at radius 3 is 2.68 bits per heavy atom. The Labute approximate surface area is 184 Å². The molecule has 3 heterocycles. The first-order valence-electron chi connectivity index (χ1n) is 9.86. The van der Waals surface area contributed by atoms with E-state index in [2.05, 4.69) is 56.3 Å². The van der Waals surface area contributed by atoms with Crippen molar-refractivity contribution in [2.45, 2.75) is 72.0 Å². The van der Waals surface area contributed by atoms with Crippen LogP contribution in [0.1, 0.15) is 54.8 Å². The Morgan fingerprint density at radius 1 is 1.21 bits per heavy atom. The predicted molar refractivity (Wildman–Crippen MR) is 122 cm³/mol. The maximum Gasteiger partial charge on any atom is 0.191 e. The van der Waals surface area contributed by atoms with Crippen molar-refractivity contribution in [3.63, 3.8) is 0 Å². The minimum Gasteiger partial charge on any atom is -0.354 e. The van der Waals surface area contributed by atoms with E-state index in [4.69, 9.17) is 0 Å².